The second-order valence-corrected chi connectivity index (χ2v) is 5.93. The van der Waals surface area contributed by atoms with E-state index in [9.17, 15) is 8.42 Å². The molecule has 0 aromatic carbocycles. The van der Waals surface area contributed by atoms with Crippen molar-refractivity contribution in [1.82, 2.24) is 19.7 Å². The fourth-order valence-corrected chi connectivity index (χ4v) is 2.57. The van der Waals surface area contributed by atoms with E-state index in [1.165, 1.54) is 18.3 Å². The van der Waals surface area contributed by atoms with Crippen LogP contribution in [0.2, 0.25) is 0 Å². The molecule has 0 unspecified atom stereocenters. The highest BCUT2D eigenvalue weighted by molar-refractivity contribution is 7.89. The lowest BCUT2D eigenvalue weighted by atomic mass is 10.4. The molecule has 2 rings (SSSR count). The number of imidazole rings is 1. The number of hydrogen-bond acceptors (Lipinski definition) is 5. The summed E-state index contributed by atoms with van der Waals surface area (Å²) in [6, 6.07) is 2.97. The number of nitrogens with one attached hydrogen (secondary N) is 3. The summed E-state index contributed by atoms with van der Waals surface area (Å²) in [5.41, 5.74) is 0. The first-order chi connectivity index (χ1) is 9.62. The zero-order chi connectivity index (χ0) is 14.4. The number of H-pyrrole nitrogens is 1. The van der Waals surface area contributed by atoms with Crippen LogP contribution in [0.5, 0.6) is 0 Å². The van der Waals surface area contributed by atoms with Crippen molar-refractivity contribution >= 4 is 15.8 Å². The summed E-state index contributed by atoms with van der Waals surface area (Å²) in [4.78, 5) is 11.1. The molecule has 0 saturated carbocycles. The predicted octanol–water partition coefficient (Wildman–Crippen LogP) is 1.11. The summed E-state index contributed by atoms with van der Waals surface area (Å²) >= 11 is 0. The molecule has 0 aliphatic carbocycles. The SMILES string of the molecule is CCCNc1cc(S(=O)(=O)NCc2ncc[nH]2)ccn1. The minimum atomic E-state index is -3.57. The second-order valence-electron chi connectivity index (χ2n) is 4.16. The molecule has 108 valence electrons. The lowest BCUT2D eigenvalue weighted by molar-refractivity contribution is 0.579. The Morgan fingerprint density at radius 2 is 2.15 bits per heavy atom. The average molecular weight is 295 g/mol. The topological polar surface area (TPSA) is 99.8 Å². The van der Waals surface area contributed by atoms with Crippen LogP contribution in [-0.2, 0) is 16.6 Å². The van der Waals surface area contributed by atoms with Gasteiger partial charge in [0.25, 0.3) is 0 Å². The number of nitrogens with zero attached hydrogens (tertiary/aromatic N) is 2. The molecule has 0 radical (unpaired) electrons. The summed E-state index contributed by atoms with van der Waals surface area (Å²) < 4.78 is 26.8. The van der Waals surface area contributed by atoms with Gasteiger partial charge < -0.3 is 10.3 Å². The molecule has 7 nitrogen and oxygen atoms in total. The smallest absolute Gasteiger partial charge is 0.241 e. The largest absolute Gasteiger partial charge is 0.370 e. The van der Waals surface area contributed by atoms with E-state index in [-0.39, 0.29) is 11.4 Å². The molecule has 3 N–H and O–H groups in total. The monoisotopic (exact) mass is 295 g/mol. The minimum absolute atomic E-state index is 0.120. The Morgan fingerprint density at radius 1 is 1.30 bits per heavy atom. The zero-order valence-electron chi connectivity index (χ0n) is 11.1. The summed E-state index contributed by atoms with van der Waals surface area (Å²) in [6.07, 6.45) is 5.63. The highest BCUT2D eigenvalue weighted by atomic mass is 32.2. The van der Waals surface area contributed by atoms with E-state index in [1.54, 1.807) is 12.4 Å². The fourth-order valence-electron chi connectivity index (χ4n) is 1.57. The third kappa shape index (κ3) is 3.78. The van der Waals surface area contributed by atoms with E-state index in [0.717, 1.165) is 13.0 Å². The van der Waals surface area contributed by atoms with Crippen molar-refractivity contribution in [1.29, 1.82) is 0 Å². The molecule has 0 fully saturated rings. The maximum Gasteiger partial charge on any atom is 0.241 e. The van der Waals surface area contributed by atoms with Gasteiger partial charge in [-0.3, -0.25) is 0 Å². The van der Waals surface area contributed by atoms with E-state index in [1.807, 2.05) is 6.92 Å². The van der Waals surface area contributed by atoms with Crippen molar-refractivity contribution in [3.05, 3.63) is 36.5 Å². The van der Waals surface area contributed by atoms with Gasteiger partial charge in [-0.2, -0.15) is 0 Å². The van der Waals surface area contributed by atoms with Crippen LogP contribution >= 0.6 is 0 Å². The molecule has 0 amide bonds. The molecule has 0 atom stereocenters. The van der Waals surface area contributed by atoms with Gasteiger partial charge in [0.1, 0.15) is 11.6 Å². The van der Waals surface area contributed by atoms with Crippen molar-refractivity contribution in [2.24, 2.45) is 0 Å². The fraction of sp³-hybridized carbons (Fsp3) is 0.333. The van der Waals surface area contributed by atoms with Crippen LogP contribution in [0.3, 0.4) is 0 Å². The molecule has 0 aliphatic heterocycles. The van der Waals surface area contributed by atoms with E-state index in [4.69, 9.17) is 0 Å². The van der Waals surface area contributed by atoms with Crippen molar-refractivity contribution in [2.45, 2.75) is 24.8 Å². The van der Waals surface area contributed by atoms with Gasteiger partial charge in [0.15, 0.2) is 0 Å². The molecule has 2 aromatic heterocycles. The molecule has 0 saturated heterocycles. The Bertz CT molecular complexity index is 640. The molecule has 0 spiro atoms. The van der Waals surface area contributed by atoms with Gasteiger partial charge in [0, 0.05) is 31.2 Å². The Balaban J connectivity index is 2.08. The predicted molar refractivity (Wildman–Crippen MR) is 75.6 cm³/mol. The first-order valence-corrected chi connectivity index (χ1v) is 7.78. The lowest BCUT2D eigenvalue weighted by Gasteiger charge is -2.08. The number of anilines is 1. The second kappa shape index (κ2) is 6.49. The van der Waals surface area contributed by atoms with Gasteiger partial charge in [-0.05, 0) is 12.5 Å². The van der Waals surface area contributed by atoms with Gasteiger partial charge in [-0.1, -0.05) is 6.92 Å². The van der Waals surface area contributed by atoms with Crippen LogP contribution in [0.4, 0.5) is 5.82 Å². The standard InChI is InChI=1S/C12H17N5O2S/c1-2-4-13-11-8-10(3-5-14-11)20(18,19)17-9-12-15-6-7-16-12/h3,5-8,17H,2,4,9H2,1H3,(H,13,14)(H,15,16). The van der Waals surface area contributed by atoms with Crippen molar-refractivity contribution in [3.63, 3.8) is 0 Å². The van der Waals surface area contributed by atoms with E-state index >= 15 is 0 Å². The molecular weight excluding hydrogens is 278 g/mol. The quantitative estimate of drug-likeness (QED) is 0.710. The molecule has 0 bridgehead atoms. The molecule has 2 aromatic rings. The van der Waals surface area contributed by atoms with Crippen molar-refractivity contribution in [2.75, 3.05) is 11.9 Å². The van der Waals surface area contributed by atoms with E-state index in [0.29, 0.717) is 11.6 Å². The first-order valence-electron chi connectivity index (χ1n) is 6.29. The molecular formula is C12H17N5O2S. The Kier molecular flexibility index (Phi) is 4.70. The minimum Gasteiger partial charge on any atom is -0.370 e. The maximum atomic E-state index is 12.1. The third-order valence-corrected chi connectivity index (χ3v) is 3.98. The zero-order valence-corrected chi connectivity index (χ0v) is 11.9. The van der Waals surface area contributed by atoms with Crippen LogP contribution in [-0.4, -0.2) is 29.9 Å². The summed E-state index contributed by atoms with van der Waals surface area (Å²) in [7, 11) is -3.57. The number of aromatic amines is 1. The van der Waals surface area contributed by atoms with E-state index < -0.39 is 10.0 Å². The normalized spacial score (nSPS) is 11.4. The average Bonchev–Trinajstić information content (AvgIpc) is 2.97. The van der Waals surface area contributed by atoms with Gasteiger partial charge >= 0.3 is 0 Å². The number of rotatable bonds is 7. The van der Waals surface area contributed by atoms with Crippen LogP contribution in [0.25, 0.3) is 0 Å². The number of aromatic nitrogens is 3. The van der Waals surface area contributed by atoms with Gasteiger partial charge in [-0.25, -0.2) is 23.1 Å². The Hall–Kier alpha value is -1.93. The van der Waals surface area contributed by atoms with Gasteiger partial charge in [-0.15, -0.1) is 0 Å². The highest BCUT2D eigenvalue weighted by Gasteiger charge is 2.15. The molecule has 0 aliphatic rings. The number of pyridine rings is 1. The Morgan fingerprint density at radius 3 is 2.85 bits per heavy atom. The number of hydrogen-bond donors (Lipinski definition) is 3. The third-order valence-electron chi connectivity index (χ3n) is 2.58. The summed E-state index contributed by atoms with van der Waals surface area (Å²) in [5, 5.41) is 3.05. The van der Waals surface area contributed by atoms with Crippen molar-refractivity contribution < 1.29 is 8.42 Å². The van der Waals surface area contributed by atoms with Crippen molar-refractivity contribution in [3.8, 4) is 0 Å². The van der Waals surface area contributed by atoms with Gasteiger partial charge in [0.2, 0.25) is 10.0 Å². The molecule has 8 heteroatoms. The molecule has 2 heterocycles. The molecule has 20 heavy (non-hydrogen) atoms. The number of sulfonamides is 1. The maximum absolute atomic E-state index is 12.1. The lowest BCUT2D eigenvalue weighted by Crippen LogP contribution is -2.24. The van der Waals surface area contributed by atoms with Crippen LogP contribution < -0.4 is 10.0 Å². The van der Waals surface area contributed by atoms with E-state index in [2.05, 4.69) is 25.0 Å². The van der Waals surface area contributed by atoms with Gasteiger partial charge in [0.05, 0.1) is 11.4 Å². The van der Waals surface area contributed by atoms with Crippen LogP contribution in [0.1, 0.15) is 19.2 Å². The summed E-state index contributed by atoms with van der Waals surface area (Å²) in [5.74, 6) is 1.11. The highest BCUT2D eigenvalue weighted by Crippen LogP contribution is 2.12. The Labute approximate surface area is 117 Å². The first kappa shape index (κ1) is 14.5. The van der Waals surface area contributed by atoms with Crippen LogP contribution in [0.15, 0.2) is 35.6 Å². The van der Waals surface area contributed by atoms with Crippen LogP contribution in [0, 0.1) is 0 Å². The summed E-state index contributed by atoms with van der Waals surface area (Å²) in [6.45, 7) is 2.89.